The lowest BCUT2D eigenvalue weighted by Crippen LogP contribution is -2.10. The van der Waals surface area contributed by atoms with Gasteiger partial charge in [-0.1, -0.05) is 42.5 Å². The molecular formula is C17H16O2S. The van der Waals surface area contributed by atoms with Gasteiger partial charge in [0.1, 0.15) is 0 Å². The van der Waals surface area contributed by atoms with Crippen LogP contribution in [0.1, 0.15) is 34.8 Å². The minimum atomic E-state index is -2.95. The van der Waals surface area contributed by atoms with Gasteiger partial charge < -0.3 is 0 Å². The highest BCUT2D eigenvalue weighted by molar-refractivity contribution is 7.91. The summed E-state index contributed by atoms with van der Waals surface area (Å²) in [4.78, 5) is 0. The normalized spacial score (nSPS) is 22.5. The molecule has 1 saturated heterocycles. The summed E-state index contributed by atoms with van der Waals surface area (Å²) < 4.78 is 24.5. The molecule has 0 aromatic heterocycles. The Morgan fingerprint density at radius 1 is 0.950 bits per heavy atom. The smallest absolute Gasteiger partial charge is 0.157 e. The summed E-state index contributed by atoms with van der Waals surface area (Å²) in [5.74, 6) is 0.342. The van der Waals surface area contributed by atoms with Crippen molar-refractivity contribution in [2.75, 3.05) is 5.75 Å². The largest absolute Gasteiger partial charge is 0.228 e. The minimum Gasteiger partial charge on any atom is -0.228 e. The minimum absolute atomic E-state index is 0.285. The average molecular weight is 284 g/mol. The van der Waals surface area contributed by atoms with Crippen molar-refractivity contribution >= 4 is 9.84 Å². The van der Waals surface area contributed by atoms with Gasteiger partial charge in [0, 0.05) is 0 Å². The highest BCUT2D eigenvalue weighted by Crippen LogP contribution is 2.44. The maximum atomic E-state index is 12.2. The molecule has 1 aliphatic carbocycles. The summed E-state index contributed by atoms with van der Waals surface area (Å²) in [6.07, 6.45) is 2.44. The number of hydrogen-bond acceptors (Lipinski definition) is 2. The van der Waals surface area contributed by atoms with Crippen LogP contribution in [-0.4, -0.2) is 14.2 Å². The van der Waals surface area contributed by atoms with E-state index < -0.39 is 9.84 Å². The van der Waals surface area contributed by atoms with Crippen molar-refractivity contribution in [2.45, 2.75) is 24.5 Å². The third kappa shape index (κ3) is 1.66. The standard InChI is InChI=1S/C17H16O2S/c18-20(19)10-4-9-17(20)15-8-3-7-14-13-6-2-1-5-12(13)11-16(14)15/h1-3,5-8,17H,4,9-11H2. The fourth-order valence-corrected chi connectivity index (χ4v) is 5.61. The van der Waals surface area contributed by atoms with Crippen LogP contribution in [0.25, 0.3) is 11.1 Å². The van der Waals surface area contributed by atoms with Gasteiger partial charge in [-0.15, -0.1) is 0 Å². The van der Waals surface area contributed by atoms with E-state index in [0.717, 1.165) is 24.8 Å². The second-order valence-electron chi connectivity index (χ2n) is 5.71. The molecule has 0 amide bonds. The van der Waals surface area contributed by atoms with Gasteiger partial charge in [0.2, 0.25) is 0 Å². The summed E-state index contributed by atoms with van der Waals surface area (Å²) in [5, 5.41) is -0.285. The van der Waals surface area contributed by atoms with Crippen LogP contribution in [0.3, 0.4) is 0 Å². The average Bonchev–Trinajstić information content (AvgIpc) is 2.98. The van der Waals surface area contributed by atoms with Gasteiger partial charge in [-0.25, -0.2) is 8.42 Å². The summed E-state index contributed by atoms with van der Waals surface area (Å²) in [6.45, 7) is 0. The third-order valence-electron chi connectivity index (χ3n) is 4.56. The van der Waals surface area contributed by atoms with Crippen LogP contribution >= 0.6 is 0 Å². The Morgan fingerprint density at radius 3 is 2.55 bits per heavy atom. The van der Waals surface area contributed by atoms with E-state index >= 15 is 0 Å². The van der Waals surface area contributed by atoms with Crippen LogP contribution in [0.15, 0.2) is 42.5 Å². The fraction of sp³-hybridized carbons (Fsp3) is 0.294. The molecule has 2 aromatic carbocycles. The second kappa shape index (κ2) is 4.19. The zero-order valence-corrected chi connectivity index (χ0v) is 12.0. The molecule has 2 aliphatic rings. The number of hydrogen-bond donors (Lipinski definition) is 0. The molecule has 1 aliphatic heterocycles. The van der Waals surface area contributed by atoms with E-state index in [1.807, 2.05) is 18.2 Å². The van der Waals surface area contributed by atoms with E-state index in [1.165, 1.54) is 22.3 Å². The molecule has 1 unspecified atom stereocenters. The Morgan fingerprint density at radius 2 is 1.75 bits per heavy atom. The first-order chi connectivity index (χ1) is 9.67. The third-order valence-corrected chi connectivity index (χ3v) is 6.78. The monoisotopic (exact) mass is 284 g/mol. The molecule has 0 N–H and O–H groups in total. The lowest BCUT2D eigenvalue weighted by Gasteiger charge is -2.14. The molecular weight excluding hydrogens is 268 g/mol. The Balaban J connectivity index is 1.90. The fourth-order valence-electron chi connectivity index (χ4n) is 3.62. The Hall–Kier alpha value is -1.61. The van der Waals surface area contributed by atoms with Crippen LogP contribution in [0, 0.1) is 0 Å². The lowest BCUT2D eigenvalue weighted by molar-refractivity contribution is 0.592. The second-order valence-corrected chi connectivity index (χ2v) is 8.01. The highest BCUT2D eigenvalue weighted by atomic mass is 32.2. The number of benzene rings is 2. The zero-order valence-electron chi connectivity index (χ0n) is 11.2. The van der Waals surface area contributed by atoms with Crippen molar-refractivity contribution in [3.63, 3.8) is 0 Å². The predicted octanol–water partition coefficient (Wildman–Crippen LogP) is 3.51. The molecule has 0 spiro atoms. The molecule has 0 bridgehead atoms. The SMILES string of the molecule is O=S1(=O)CCCC1c1cccc2c1Cc1ccccc1-2. The quantitative estimate of drug-likeness (QED) is 0.685. The maximum absolute atomic E-state index is 12.2. The van der Waals surface area contributed by atoms with Gasteiger partial charge in [0.05, 0.1) is 11.0 Å². The molecule has 2 aromatic rings. The maximum Gasteiger partial charge on any atom is 0.157 e. The Kier molecular flexibility index (Phi) is 2.55. The summed E-state index contributed by atoms with van der Waals surface area (Å²) >= 11 is 0. The van der Waals surface area contributed by atoms with Gasteiger partial charge in [0.15, 0.2) is 9.84 Å². The van der Waals surface area contributed by atoms with Gasteiger partial charge in [-0.3, -0.25) is 0 Å². The molecule has 20 heavy (non-hydrogen) atoms. The molecule has 102 valence electrons. The predicted molar refractivity (Wildman–Crippen MR) is 80.4 cm³/mol. The summed E-state index contributed by atoms with van der Waals surface area (Å²) in [6, 6.07) is 14.5. The first kappa shape index (κ1) is 12.2. The molecule has 4 rings (SSSR count). The van der Waals surface area contributed by atoms with Crippen LogP contribution in [0.2, 0.25) is 0 Å². The highest BCUT2D eigenvalue weighted by Gasteiger charge is 2.35. The van der Waals surface area contributed by atoms with Crippen molar-refractivity contribution < 1.29 is 8.42 Å². The number of fused-ring (bicyclic) bond motifs is 3. The van der Waals surface area contributed by atoms with Crippen LogP contribution < -0.4 is 0 Å². The van der Waals surface area contributed by atoms with Crippen molar-refractivity contribution in [3.8, 4) is 11.1 Å². The van der Waals surface area contributed by atoms with Gasteiger partial charge >= 0.3 is 0 Å². The molecule has 2 nitrogen and oxygen atoms in total. The molecule has 0 radical (unpaired) electrons. The van der Waals surface area contributed by atoms with E-state index in [0.29, 0.717) is 5.75 Å². The van der Waals surface area contributed by atoms with Gasteiger partial charge in [0.25, 0.3) is 0 Å². The molecule has 1 heterocycles. The van der Waals surface area contributed by atoms with Crippen LogP contribution in [0.5, 0.6) is 0 Å². The topological polar surface area (TPSA) is 34.1 Å². The number of rotatable bonds is 1. The van der Waals surface area contributed by atoms with E-state index in [2.05, 4.69) is 24.3 Å². The summed E-state index contributed by atoms with van der Waals surface area (Å²) in [7, 11) is -2.95. The Bertz CT molecular complexity index is 790. The van der Waals surface area contributed by atoms with Crippen molar-refractivity contribution in [1.82, 2.24) is 0 Å². The van der Waals surface area contributed by atoms with E-state index in [4.69, 9.17) is 0 Å². The van der Waals surface area contributed by atoms with Crippen molar-refractivity contribution in [2.24, 2.45) is 0 Å². The van der Waals surface area contributed by atoms with Gasteiger partial charge in [-0.05, 0) is 47.1 Å². The lowest BCUT2D eigenvalue weighted by atomic mass is 9.97. The number of sulfone groups is 1. The van der Waals surface area contributed by atoms with E-state index in [-0.39, 0.29) is 5.25 Å². The first-order valence-corrected chi connectivity index (χ1v) is 8.80. The van der Waals surface area contributed by atoms with Crippen LogP contribution in [0.4, 0.5) is 0 Å². The molecule has 1 fully saturated rings. The van der Waals surface area contributed by atoms with Gasteiger partial charge in [-0.2, -0.15) is 0 Å². The molecule has 3 heteroatoms. The van der Waals surface area contributed by atoms with Crippen LogP contribution in [-0.2, 0) is 16.3 Å². The molecule has 0 saturated carbocycles. The molecule has 1 atom stereocenters. The van der Waals surface area contributed by atoms with E-state index in [1.54, 1.807) is 0 Å². The van der Waals surface area contributed by atoms with Crippen molar-refractivity contribution in [3.05, 3.63) is 59.2 Å². The van der Waals surface area contributed by atoms with E-state index in [9.17, 15) is 8.42 Å². The Labute approximate surface area is 119 Å². The first-order valence-electron chi connectivity index (χ1n) is 7.08. The summed E-state index contributed by atoms with van der Waals surface area (Å²) in [5.41, 5.74) is 6.06. The van der Waals surface area contributed by atoms with Crippen molar-refractivity contribution in [1.29, 1.82) is 0 Å². The zero-order chi connectivity index (χ0) is 13.7.